The van der Waals surface area contributed by atoms with Gasteiger partial charge < -0.3 is 5.11 Å². The van der Waals surface area contributed by atoms with Crippen LogP contribution in [0.5, 0.6) is 0 Å². The molecule has 0 saturated heterocycles. The third-order valence-corrected chi connectivity index (χ3v) is 3.49. The Balaban J connectivity index is 3.38. The van der Waals surface area contributed by atoms with E-state index in [9.17, 15) is 5.11 Å². The van der Waals surface area contributed by atoms with Crippen LogP contribution in [-0.4, -0.2) is 11.2 Å². The third-order valence-electron chi connectivity index (χ3n) is 3.49. The molecule has 0 aromatic carbocycles. The van der Waals surface area contributed by atoms with Crippen molar-refractivity contribution in [2.75, 3.05) is 0 Å². The number of hydrogen-bond acceptors (Lipinski definition) is 1. The minimum atomic E-state index is -0.108. The van der Waals surface area contributed by atoms with Gasteiger partial charge in [0.1, 0.15) is 0 Å². The first kappa shape index (κ1) is 19.9. The van der Waals surface area contributed by atoms with Gasteiger partial charge in [0.05, 0.1) is 6.10 Å². The number of aliphatic hydroxyl groups is 1. The van der Waals surface area contributed by atoms with Crippen molar-refractivity contribution >= 4 is 0 Å². The minimum absolute atomic E-state index is 0.108. The average Bonchev–Trinajstić information content (AvgIpc) is 2.49. The zero-order chi connectivity index (χ0) is 15.6. The molecular formula is C20H33O. The lowest BCUT2D eigenvalue weighted by Crippen LogP contribution is -2.05. The Labute approximate surface area is 132 Å². The van der Waals surface area contributed by atoms with E-state index in [1.54, 1.807) is 6.08 Å². The van der Waals surface area contributed by atoms with Gasteiger partial charge in [-0.2, -0.15) is 0 Å². The standard InChI is InChI=1S/C20H33O/c1-3-5-7-9-11-12-13-15-17-19-20(21)18-16-14-10-8-6-4-2/h1,3,5,7,9,11-13,20-21H,4,6,8,10,14-19H2,2H3/b3-1?,7-5+,11-9+,13-12+. The molecule has 1 unspecified atom stereocenters. The van der Waals surface area contributed by atoms with Gasteiger partial charge in [0, 0.05) is 0 Å². The second-order valence-electron chi connectivity index (χ2n) is 5.53. The van der Waals surface area contributed by atoms with Crippen molar-refractivity contribution in [1.29, 1.82) is 0 Å². The van der Waals surface area contributed by atoms with E-state index in [1.165, 1.54) is 44.6 Å². The highest BCUT2D eigenvalue weighted by Crippen LogP contribution is 2.12. The van der Waals surface area contributed by atoms with E-state index < -0.39 is 0 Å². The predicted octanol–water partition coefficient (Wildman–Crippen LogP) is 5.93. The van der Waals surface area contributed by atoms with E-state index in [4.69, 9.17) is 6.58 Å². The van der Waals surface area contributed by atoms with Crippen LogP contribution in [0.25, 0.3) is 0 Å². The van der Waals surface area contributed by atoms with E-state index in [-0.39, 0.29) is 6.10 Å². The fourth-order valence-corrected chi connectivity index (χ4v) is 2.21. The maximum atomic E-state index is 9.89. The Bertz CT molecular complexity index is 299. The van der Waals surface area contributed by atoms with Crippen LogP contribution in [0.3, 0.4) is 0 Å². The molecule has 0 aliphatic carbocycles. The topological polar surface area (TPSA) is 20.2 Å². The fraction of sp³-hybridized carbons (Fsp3) is 0.600. The summed E-state index contributed by atoms with van der Waals surface area (Å²) in [6, 6.07) is 0. The summed E-state index contributed by atoms with van der Waals surface area (Å²) in [5.74, 6) is 0. The van der Waals surface area contributed by atoms with Crippen molar-refractivity contribution < 1.29 is 5.11 Å². The van der Waals surface area contributed by atoms with Crippen LogP contribution in [-0.2, 0) is 0 Å². The minimum Gasteiger partial charge on any atom is -0.393 e. The maximum absolute atomic E-state index is 9.89. The highest BCUT2D eigenvalue weighted by atomic mass is 16.3. The molecule has 0 aliphatic rings. The van der Waals surface area contributed by atoms with Crippen LogP contribution < -0.4 is 0 Å². The van der Waals surface area contributed by atoms with Gasteiger partial charge in [0.15, 0.2) is 0 Å². The van der Waals surface area contributed by atoms with E-state index in [0.29, 0.717) is 0 Å². The first-order valence-corrected chi connectivity index (χ1v) is 8.52. The fourth-order valence-electron chi connectivity index (χ4n) is 2.21. The summed E-state index contributed by atoms with van der Waals surface area (Å²) in [4.78, 5) is 0. The third kappa shape index (κ3) is 16.9. The molecule has 0 bridgehead atoms. The van der Waals surface area contributed by atoms with Crippen LogP contribution in [0.1, 0.15) is 71.1 Å². The van der Waals surface area contributed by atoms with Gasteiger partial charge in [-0.05, 0) is 25.7 Å². The lowest BCUT2D eigenvalue weighted by Gasteiger charge is -2.09. The van der Waals surface area contributed by atoms with Gasteiger partial charge in [-0.3, -0.25) is 0 Å². The second-order valence-corrected chi connectivity index (χ2v) is 5.53. The molecule has 1 radical (unpaired) electrons. The number of rotatable bonds is 14. The van der Waals surface area contributed by atoms with Crippen molar-refractivity contribution in [3.8, 4) is 0 Å². The molecule has 0 rings (SSSR count). The molecule has 1 atom stereocenters. The van der Waals surface area contributed by atoms with Gasteiger partial charge in [0.2, 0.25) is 0 Å². The monoisotopic (exact) mass is 289 g/mol. The van der Waals surface area contributed by atoms with Gasteiger partial charge in [-0.15, -0.1) is 0 Å². The van der Waals surface area contributed by atoms with Gasteiger partial charge in [0.25, 0.3) is 0 Å². The van der Waals surface area contributed by atoms with E-state index in [2.05, 4.69) is 13.0 Å². The Morgan fingerprint density at radius 2 is 1.43 bits per heavy atom. The summed E-state index contributed by atoms with van der Waals surface area (Å²) < 4.78 is 0. The molecule has 0 saturated carbocycles. The average molecular weight is 289 g/mol. The molecule has 0 heterocycles. The molecule has 0 amide bonds. The van der Waals surface area contributed by atoms with Crippen LogP contribution in [0.4, 0.5) is 0 Å². The summed E-state index contributed by atoms with van der Waals surface area (Å²) in [6.45, 7) is 7.45. The highest BCUT2D eigenvalue weighted by molar-refractivity contribution is 5.13. The normalized spacial score (nSPS) is 13.6. The maximum Gasteiger partial charge on any atom is 0.0540 e. The molecule has 1 nitrogen and oxygen atoms in total. The summed E-state index contributed by atoms with van der Waals surface area (Å²) >= 11 is 0. The van der Waals surface area contributed by atoms with Gasteiger partial charge in [-0.1, -0.05) is 94.6 Å². The predicted molar refractivity (Wildman–Crippen MR) is 94.1 cm³/mol. The molecule has 0 aliphatic heterocycles. The number of aliphatic hydroxyl groups excluding tert-OH is 1. The summed E-state index contributed by atoms with van der Waals surface area (Å²) in [5.41, 5.74) is 0. The number of allylic oxidation sites excluding steroid dienone is 7. The Morgan fingerprint density at radius 1 is 0.810 bits per heavy atom. The smallest absolute Gasteiger partial charge is 0.0540 e. The first-order chi connectivity index (χ1) is 10.3. The summed E-state index contributed by atoms with van der Waals surface area (Å²) in [5, 5.41) is 9.89. The van der Waals surface area contributed by atoms with E-state index in [1.807, 2.05) is 24.3 Å². The molecule has 21 heavy (non-hydrogen) atoms. The second kappa shape index (κ2) is 17.0. The van der Waals surface area contributed by atoms with E-state index in [0.717, 1.165) is 25.7 Å². The zero-order valence-corrected chi connectivity index (χ0v) is 13.7. The van der Waals surface area contributed by atoms with Crippen molar-refractivity contribution in [1.82, 2.24) is 0 Å². The lowest BCUT2D eigenvalue weighted by atomic mass is 10.0. The molecule has 119 valence electrons. The van der Waals surface area contributed by atoms with Crippen LogP contribution >= 0.6 is 0 Å². The van der Waals surface area contributed by atoms with Gasteiger partial charge >= 0.3 is 0 Å². The molecule has 1 N–H and O–H groups in total. The Morgan fingerprint density at radius 3 is 2.19 bits per heavy atom. The first-order valence-electron chi connectivity index (χ1n) is 8.52. The quantitative estimate of drug-likeness (QED) is 0.310. The summed E-state index contributed by atoms with van der Waals surface area (Å²) in [7, 11) is 0. The SMILES string of the molecule is [CH]=C/C=C/C=C/C=C/CCCC(O)CCCCCCCC. The van der Waals surface area contributed by atoms with Crippen molar-refractivity contribution in [2.24, 2.45) is 0 Å². The van der Waals surface area contributed by atoms with Crippen molar-refractivity contribution in [2.45, 2.75) is 77.2 Å². The number of unbranched alkanes of at least 4 members (excludes halogenated alkanes) is 6. The molecule has 1 heteroatoms. The molecule has 0 spiro atoms. The lowest BCUT2D eigenvalue weighted by molar-refractivity contribution is 0.148. The molecular weight excluding hydrogens is 256 g/mol. The largest absolute Gasteiger partial charge is 0.393 e. The molecule has 0 fully saturated rings. The Hall–Kier alpha value is -1.08. The number of hydrogen-bond donors (Lipinski definition) is 1. The Kier molecular flexibility index (Phi) is 16.1. The molecule has 0 aromatic heterocycles. The van der Waals surface area contributed by atoms with Crippen LogP contribution in [0.2, 0.25) is 0 Å². The summed E-state index contributed by atoms with van der Waals surface area (Å²) in [6.07, 6.45) is 25.0. The van der Waals surface area contributed by atoms with Gasteiger partial charge in [-0.25, -0.2) is 0 Å². The molecule has 0 aromatic rings. The van der Waals surface area contributed by atoms with Crippen molar-refractivity contribution in [3.05, 3.63) is 49.1 Å². The highest BCUT2D eigenvalue weighted by Gasteiger charge is 2.02. The van der Waals surface area contributed by atoms with Crippen molar-refractivity contribution in [3.63, 3.8) is 0 Å². The zero-order valence-electron chi connectivity index (χ0n) is 13.7. The van der Waals surface area contributed by atoms with Crippen LogP contribution in [0, 0.1) is 6.58 Å². The van der Waals surface area contributed by atoms with Crippen LogP contribution in [0.15, 0.2) is 42.5 Å². The van der Waals surface area contributed by atoms with E-state index >= 15 is 0 Å².